The van der Waals surface area contributed by atoms with Crippen molar-refractivity contribution in [1.29, 1.82) is 0 Å². The van der Waals surface area contributed by atoms with Gasteiger partial charge in [-0.05, 0) is 5.92 Å². The molecule has 0 bridgehead atoms. The van der Waals surface area contributed by atoms with E-state index in [1.807, 2.05) is 12.1 Å². The summed E-state index contributed by atoms with van der Waals surface area (Å²) >= 11 is 0. The van der Waals surface area contributed by atoms with E-state index in [1.165, 1.54) is 0 Å². The third kappa shape index (κ3) is 3.65. The molecule has 0 saturated carbocycles. The van der Waals surface area contributed by atoms with Gasteiger partial charge < -0.3 is 25.8 Å². The van der Waals surface area contributed by atoms with Crippen LogP contribution in [0.4, 0.5) is 0 Å². The van der Waals surface area contributed by atoms with Crippen LogP contribution < -0.4 is 22.1 Å². The van der Waals surface area contributed by atoms with Crippen molar-refractivity contribution >= 4 is 5.84 Å². The van der Waals surface area contributed by atoms with E-state index < -0.39 is 5.79 Å². The molecule has 8 heteroatoms. The van der Waals surface area contributed by atoms with E-state index in [4.69, 9.17) is 16.0 Å². The Labute approximate surface area is 136 Å². The zero-order chi connectivity index (χ0) is 16.4. The number of aromatic nitrogens is 1. The van der Waals surface area contributed by atoms with Crippen molar-refractivity contribution < 1.29 is 4.52 Å². The first-order valence-corrected chi connectivity index (χ1v) is 8.00. The van der Waals surface area contributed by atoms with Crippen LogP contribution in [0.1, 0.15) is 31.2 Å². The highest BCUT2D eigenvalue weighted by atomic mass is 16.5. The van der Waals surface area contributed by atoms with E-state index in [0.29, 0.717) is 23.9 Å². The molecule has 0 radical (unpaired) electrons. The molecular weight excluding hydrogens is 294 g/mol. The molecule has 0 aliphatic carbocycles. The molecule has 1 fully saturated rings. The number of nitrogens with two attached hydrogens (primary N) is 2. The second kappa shape index (κ2) is 6.21. The maximum atomic E-state index is 6.41. The van der Waals surface area contributed by atoms with E-state index in [0.717, 1.165) is 37.7 Å². The van der Waals surface area contributed by atoms with Crippen molar-refractivity contribution in [2.45, 2.75) is 32.0 Å². The summed E-state index contributed by atoms with van der Waals surface area (Å²) in [5.74, 6) is 1.31. The van der Waals surface area contributed by atoms with Gasteiger partial charge in [0.25, 0.3) is 0 Å². The second-order valence-corrected chi connectivity index (χ2v) is 6.40. The summed E-state index contributed by atoms with van der Waals surface area (Å²) in [6.45, 7) is 7.82. The Morgan fingerprint density at radius 2 is 2.13 bits per heavy atom. The topological polar surface area (TPSA) is 118 Å². The Morgan fingerprint density at radius 1 is 1.39 bits per heavy atom. The fraction of sp³-hybridized carbons (Fsp3) is 0.600. The standard InChI is InChI=1S/C15H25N7O/c1-10(2)12-7-11(23-21-12)9-15(17)19-13(16)8-14(20-15)22-5-3-18-4-6-22/h7-8,10,18,20H,3-6,9,17H2,1-2H3,(H2,16,19). The highest BCUT2D eigenvalue weighted by molar-refractivity contribution is 5.92. The lowest BCUT2D eigenvalue weighted by Gasteiger charge is -2.38. The van der Waals surface area contributed by atoms with E-state index in [9.17, 15) is 0 Å². The summed E-state index contributed by atoms with van der Waals surface area (Å²) in [4.78, 5) is 6.59. The molecule has 126 valence electrons. The van der Waals surface area contributed by atoms with Crippen molar-refractivity contribution in [3.63, 3.8) is 0 Å². The highest BCUT2D eigenvalue weighted by Crippen LogP contribution is 2.20. The van der Waals surface area contributed by atoms with Crippen LogP contribution in [0.2, 0.25) is 0 Å². The van der Waals surface area contributed by atoms with Crippen molar-refractivity contribution in [3.8, 4) is 0 Å². The van der Waals surface area contributed by atoms with Gasteiger partial charge in [0.05, 0.1) is 12.1 Å². The van der Waals surface area contributed by atoms with Crippen LogP contribution in [0.3, 0.4) is 0 Å². The lowest BCUT2D eigenvalue weighted by Crippen LogP contribution is -2.59. The molecule has 8 nitrogen and oxygen atoms in total. The van der Waals surface area contributed by atoms with Crippen LogP contribution in [0, 0.1) is 0 Å². The average Bonchev–Trinajstić information content (AvgIpc) is 2.95. The zero-order valence-electron chi connectivity index (χ0n) is 13.7. The van der Waals surface area contributed by atoms with Gasteiger partial charge in [-0.3, -0.25) is 5.73 Å². The van der Waals surface area contributed by atoms with Crippen LogP contribution in [-0.4, -0.2) is 47.9 Å². The summed E-state index contributed by atoms with van der Waals surface area (Å²) in [7, 11) is 0. The Morgan fingerprint density at radius 3 is 2.78 bits per heavy atom. The molecule has 2 aliphatic heterocycles. The van der Waals surface area contributed by atoms with Gasteiger partial charge in [0.2, 0.25) is 0 Å². The lowest BCUT2D eigenvalue weighted by molar-refractivity contribution is 0.234. The average molecular weight is 319 g/mol. The number of rotatable bonds is 4. The fourth-order valence-corrected chi connectivity index (χ4v) is 2.80. The number of nitrogens with zero attached hydrogens (tertiary/aromatic N) is 3. The minimum Gasteiger partial charge on any atom is -0.384 e. The number of hydrogen-bond acceptors (Lipinski definition) is 8. The third-order valence-electron chi connectivity index (χ3n) is 4.03. The van der Waals surface area contributed by atoms with Gasteiger partial charge in [-0.15, -0.1) is 0 Å². The molecule has 23 heavy (non-hydrogen) atoms. The third-order valence-corrected chi connectivity index (χ3v) is 4.03. The normalized spacial score (nSPS) is 25.1. The molecule has 1 aromatic heterocycles. The molecule has 1 unspecified atom stereocenters. The first kappa shape index (κ1) is 15.8. The van der Waals surface area contributed by atoms with Gasteiger partial charge in [-0.25, -0.2) is 4.99 Å². The van der Waals surface area contributed by atoms with Gasteiger partial charge in [0.15, 0.2) is 5.79 Å². The first-order valence-electron chi connectivity index (χ1n) is 8.00. The smallest absolute Gasteiger partial charge is 0.192 e. The monoisotopic (exact) mass is 319 g/mol. The minimum absolute atomic E-state index is 0.311. The predicted molar refractivity (Wildman–Crippen MR) is 88.5 cm³/mol. The molecule has 3 rings (SSSR count). The minimum atomic E-state index is -1.02. The van der Waals surface area contributed by atoms with Crippen LogP contribution in [-0.2, 0) is 6.42 Å². The molecule has 1 atom stereocenters. The summed E-state index contributed by atoms with van der Waals surface area (Å²) in [6.07, 6.45) is 2.22. The molecule has 1 saturated heterocycles. The maximum Gasteiger partial charge on any atom is 0.192 e. The summed E-state index contributed by atoms with van der Waals surface area (Å²) < 4.78 is 5.39. The maximum absolute atomic E-state index is 6.41. The molecule has 6 N–H and O–H groups in total. The number of aliphatic imine (C=N–C) groups is 1. The summed E-state index contributed by atoms with van der Waals surface area (Å²) in [5.41, 5.74) is 13.3. The molecule has 3 heterocycles. The second-order valence-electron chi connectivity index (χ2n) is 6.40. The fourth-order valence-electron chi connectivity index (χ4n) is 2.80. The van der Waals surface area contributed by atoms with Gasteiger partial charge in [0, 0.05) is 38.3 Å². The van der Waals surface area contributed by atoms with E-state index in [2.05, 4.69) is 39.5 Å². The Balaban J connectivity index is 1.74. The molecule has 0 aromatic carbocycles. The number of hydrogen-bond donors (Lipinski definition) is 4. The summed E-state index contributed by atoms with van der Waals surface area (Å²) in [6, 6.07) is 1.93. The van der Waals surface area contributed by atoms with E-state index >= 15 is 0 Å². The molecular formula is C15H25N7O. The largest absolute Gasteiger partial charge is 0.384 e. The lowest BCUT2D eigenvalue weighted by atomic mass is 10.1. The molecule has 0 amide bonds. The van der Waals surface area contributed by atoms with Gasteiger partial charge in [-0.1, -0.05) is 19.0 Å². The van der Waals surface area contributed by atoms with Crippen LogP contribution >= 0.6 is 0 Å². The number of amidine groups is 1. The van der Waals surface area contributed by atoms with Crippen LogP contribution in [0.25, 0.3) is 0 Å². The summed E-state index contributed by atoms with van der Waals surface area (Å²) in [5, 5.41) is 10.7. The molecule has 1 aromatic rings. The van der Waals surface area contributed by atoms with Crippen molar-refractivity contribution in [1.82, 2.24) is 20.7 Å². The molecule has 2 aliphatic rings. The van der Waals surface area contributed by atoms with Gasteiger partial charge in [-0.2, -0.15) is 0 Å². The van der Waals surface area contributed by atoms with Crippen LogP contribution in [0.15, 0.2) is 27.5 Å². The van der Waals surface area contributed by atoms with Crippen molar-refractivity contribution in [3.05, 3.63) is 29.4 Å². The zero-order valence-corrected chi connectivity index (χ0v) is 13.7. The van der Waals surface area contributed by atoms with Gasteiger partial charge >= 0.3 is 0 Å². The number of piperazine rings is 1. The van der Waals surface area contributed by atoms with Gasteiger partial charge in [0.1, 0.15) is 17.4 Å². The Hall–Kier alpha value is -2.06. The first-order chi connectivity index (χ1) is 11.0. The molecule has 0 spiro atoms. The van der Waals surface area contributed by atoms with E-state index in [1.54, 1.807) is 0 Å². The SMILES string of the molecule is CC(C)c1cc(CC2(N)N=C(N)C=C(N3CCNCC3)N2)on1. The van der Waals surface area contributed by atoms with Crippen LogP contribution in [0.5, 0.6) is 0 Å². The van der Waals surface area contributed by atoms with Crippen molar-refractivity contribution in [2.75, 3.05) is 26.2 Å². The Kier molecular flexibility index (Phi) is 4.27. The quantitative estimate of drug-likeness (QED) is 0.599. The number of nitrogens with one attached hydrogen (secondary N) is 2. The van der Waals surface area contributed by atoms with Crippen molar-refractivity contribution in [2.24, 2.45) is 16.5 Å². The highest BCUT2D eigenvalue weighted by Gasteiger charge is 2.32. The van der Waals surface area contributed by atoms with E-state index in [-0.39, 0.29) is 0 Å². The Bertz CT molecular complexity index is 615. The predicted octanol–water partition coefficient (Wildman–Crippen LogP) is -0.340.